The first-order valence-corrected chi connectivity index (χ1v) is 6.72. The molecular weight excluding hydrogens is 224 g/mol. The molecule has 1 rings (SSSR count). The smallest absolute Gasteiger partial charge is 0.135 e. The Balaban J connectivity index is 3.09. The van der Waals surface area contributed by atoms with Gasteiger partial charge in [-0.1, -0.05) is 20.8 Å². The number of nitrogens with one attached hydrogen (secondary N) is 2. The zero-order valence-electron chi connectivity index (χ0n) is 12.5. The fraction of sp³-hybridized carbons (Fsp3) is 0.714. The summed E-state index contributed by atoms with van der Waals surface area (Å²) in [4.78, 5) is 8.76. The molecule has 0 spiro atoms. The molecule has 0 radical (unpaired) electrons. The second-order valence-corrected chi connectivity index (χ2v) is 5.94. The maximum atomic E-state index is 4.39. The lowest BCUT2D eigenvalue weighted by Crippen LogP contribution is -2.28. The van der Waals surface area contributed by atoms with Gasteiger partial charge in [0.05, 0.1) is 0 Å². The van der Waals surface area contributed by atoms with Gasteiger partial charge in [0, 0.05) is 17.6 Å². The summed E-state index contributed by atoms with van der Waals surface area (Å²) in [7, 11) is 0. The predicted octanol–water partition coefficient (Wildman–Crippen LogP) is 3.63. The van der Waals surface area contributed by atoms with Crippen LogP contribution in [0.3, 0.4) is 0 Å². The van der Waals surface area contributed by atoms with Crippen molar-refractivity contribution in [3.05, 3.63) is 11.9 Å². The van der Waals surface area contributed by atoms with Crippen molar-refractivity contribution in [1.29, 1.82) is 0 Å². The third kappa shape index (κ3) is 4.17. The average Bonchev–Trinajstić information content (AvgIpc) is 2.23. The molecule has 4 nitrogen and oxygen atoms in total. The number of anilines is 2. The molecule has 0 unspecified atom stereocenters. The third-order valence-electron chi connectivity index (χ3n) is 2.50. The van der Waals surface area contributed by atoms with Crippen molar-refractivity contribution in [3.63, 3.8) is 0 Å². The highest BCUT2D eigenvalue weighted by molar-refractivity contribution is 5.59. The zero-order chi connectivity index (χ0) is 13.8. The summed E-state index contributed by atoms with van der Waals surface area (Å²) in [6.45, 7) is 13.8. The first kappa shape index (κ1) is 14.7. The van der Waals surface area contributed by atoms with Crippen LogP contribution in [0.1, 0.15) is 59.4 Å². The van der Waals surface area contributed by atoms with E-state index in [4.69, 9.17) is 0 Å². The molecule has 1 heterocycles. The summed E-state index contributed by atoms with van der Waals surface area (Å²) in [5.41, 5.74) is 1.17. The number of rotatable bonds is 5. The number of hydrogen-bond acceptors (Lipinski definition) is 4. The van der Waals surface area contributed by atoms with Crippen molar-refractivity contribution in [2.75, 3.05) is 17.2 Å². The van der Waals surface area contributed by atoms with Gasteiger partial charge in [-0.15, -0.1) is 0 Å². The molecule has 0 aliphatic rings. The Hall–Kier alpha value is -1.32. The summed E-state index contributed by atoms with van der Waals surface area (Å²) in [5.74, 6) is 2.27. The number of nitrogens with zero attached hydrogens (tertiary/aromatic N) is 2. The number of hydrogen-bond donors (Lipinski definition) is 2. The Morgan fingerprint density at radius 1 is 1.17 bits per heavy atom. The van der Waals surface area contributed by atoms with E-state index < -0.39 is 0 Å². The van der Waals surface area contributed by atoms with Gasteiger partial charge in [-0.25, -0.2) is 9.97 Å². The SMILES string of the molecule is CCCNc1ncnc(NC(C)(C)C)c1C(C)C. The lowest BCUT2D eigenvalue weighted by molar-refractivity contribution is 0.626. The molecule has 0 aliphatic carbocycles. The summed E-state index contributed by atoms with van der Waals surface area (Å²) < 4.78 is 0. The van der Waals surface area contributed by atoms with E-state index in [1.54, 1.807) is 6.33 Å². The van der Waals surface area contributed by atoms with Gasteiger partial charge in [-0.2, -0.15) is 0 Å². The molecule has 2 N–H and O–H groups in total. The lowest BCUT2D eigenvalue weighted by Gasteiger charge is -2.25. The van der Waals surface area contributed by atoms with Crippen molar-refractivity contribution < 1.29 is 0 Å². The van der Waals surface area contributed by atoms with E-state index in [2.05, 4.69) is 62.1 Å². The van der Waals surface area contributed by atoms with Gasteiger partial charge in [0.1, 0.15) is 18.0 Å². The van der Waals surface area contributed by atoms with Crippen LogP contribution in [-0.2, 0) is 0 Å². The molecule has 1 aromatic rings. The first-order chi connectivity index (χ1) is 8.35. The van der Waals surface area contributed by atoms with Crippen LogP contribution >= 0.6 is 0 Å². The van der Waals surface area contributed by atoms with Crippen LogP contribution in [0.15, 0.2) is 6.33 Å². The van der Waals surface area contributed by atoms with Gasteiger partial charge < -0.3 is 10.6 Å². The molecule has 0 saturated heterocycles. The van der Waals surface area contributed by atoms with E-state index >= 15 is 0 Å². The van der Waals surface area contributed by atoms with Crippen LogP contribution in [0.2, 0.25) is 0 Å². The summed E-state index contributed by atoms with van der Waals surface area (Å²) in [5, 5.41) is 6.84. The molecule has 0 aliphatic heterocycles. The van der Waals surface area contributed by atoms with Gasteiger partial charge >= 0.3 is 0 Å². The molecule has 0 saturated carbocycles. The summed E-state index contributed by atoms with van der Waals surface area (Å²) in [6.07, 6.45) is 2.71. The molecule has 4 heteroatoms. The monoisotopic (exact) mass is 250 g/mol. The quantitative estimate of drug-likeness (QED) is 0.837. The second kappa shape index (κ2) is 6.03. The maximum absolute atomic E-state index is 4.39. The molecule has 18 heavy (non-hydrogen) atoms. The fourth-order valence-electron chi connectivity index (χ4n) is 1.78. The van der Waals surface area contributed by atoms with Crippen molar-refractivity contribution in [2.45, 2.75) is 59.4 Å². The van der Waals surface area contributed by atoms with Gasteiger partial charge in [0.25, 0.3) is 0 Å². The van der Waals surface area contributed by atoms with Crippen molar-refractivity contribution in [1.82, 2.24) is 9.97 Å². The van der Waals surface area contributed by atoms with E-state index in [0.29, 0.717) is 5.92 Å². The van der Waals surface area contributed by atoms with E-state index in [9.17, 15) is 0 Å². The molecule has 0 bridgehead atoms. The Kier molecular flexibility index (Phi) is 4.93. The number of aromatic nitrogens is 2. The highest BCUT2D eigenvalue weighted by Crippen LogP contribution is 2.29. The standard InChI is InChI=1S/C14H26N4/c1-7-8-15-12-11(10(2)3)13(17-9-16-12)18-14(4,5)6/h9-10H,7-8H2,1-6H3,(H2,15,16,17,18). The Morgan fingerprint density at radius 2 is 1.78 bits per heavy atom. The maximum Gasteiger partial charge on any atom is 0.135 e. The van der Waals surface area contributed by atoms with Gasteiger partial charge in [0.2, 0.25) is 0 Å². The van der Waals surface area contributed by atoms with Crippen LogP contribution in [-0.4, -0.2) is 22.1 Å². The average molecular weight is 250 g/mol. The summed E-state index contributed by atoms with van der Waals surface area (Å²) in [6, 6.07) is 0. The first-order valence-electron chi connectivity index (χ1n) is 6.72. The normalized spacial score (nSPS) is 11.7. The molecule has 0 amide bonds. The Morgan fingerprint density at radius 3 is 2.28 bits per heavy atom. The van der Waals surface area contributed by atoms with Crippen LogP contribution in [0.5, 0.6) is 0 Å². The largest absolute Gasteiger partial charge is 0.370 e. The molecular formula is C14H26N4. The summed E-state index contributed by atoms with van der Waals surface area (Å²) >= 11 is 0. The Bertz CT molecular complexity index is 380. The fourth-order valence-corrected chi connectivity index (χ4v) is 1.78. The predicted molar refractivity (Wildman–Crippen MR) is 78.3 cm³/mol. The van der Waals surface area contributed by atoms with Gasteiger partial charge in [-0.3, -0.25) is 0 Å². The minimum absolute atomic E-state index is 0.0000195. The van der Waals surface area contributed by atoms with Crippen molar-refractivity contribution in [3.8, 4) is 0 Å². The molecule has 0 atom stereocenters. The van der Waals surface area contributed by atoms with Crippen LogP contribution in [0.25, 0.3) is 0 Å². The van der Waals surface area contributed by atoms with E-state index in [0.717, 1.165) is 24.6 Å². The Labute approximate surface area is 111 Å². The van der Waals surface area contributed by atoms with E-state index in [1.807, 2.05) is 0 Å². The molecule has 102 valence electrons. The molecule has 1 aromatic heterocycles. The highest BCUT2D eigenvalue weighted by atomic mass is 15.1. The van der Waals surface area contributed by atoms with Crippen LogP contribution in [0, 0.1) is 0 Å². The highest BCUT2D eigenvalue weighted by Gasteiger charge is 2.18. The molecule has 0 aromatic carbocycles. The van der Waals surface area contributed by atoms with Gasteiger partial charge in [0.15, 0.2) is 0 Å². The zero-order valence-corrected chi connectivity index (χ0v) is 12.5. The molecule has 0 fully saturated rings. The topological polar surface area (TPSA) is 49.8 Å². The van der Waals surface area contributed by atoms with E-state index in [-0.39, 0.29) is 5.54 Å². The second-order valence-electron chi connectivity index (χ2n) is 5.94. The van der Waals surface area contributed by atoms with Crippen LogP contribution < -0.4 is 10.6 Å². The minimum atomic E-state index is 0.0000195. The lowest BCUT2D eigenvalue weighted by atomic mass is 10.0. The third-order valence-corrected chi connectivity index (χ3v) is 2.50. The van der Waals surface area contributed by atoms with Crippen molar-refractivity contribution >= 4 is 11.6 Å². The van der Waals surface area contributed by atoms with E-state index in [1.165, 1.54) is 5.56 Å². The van der Waals surface area contributed by atoms with Gasteiger partial charge in [-0.05, 0) is 33.1 Å². The van der Waals surface area contributed by atoms with Crippen LogP contribution in [0.4, 0.5) is 11.6 Å². The minimum Gasteiger partial charge on any atom is -0.370 e. The van der Waals surface area contributed by atoms with Crippen molar-refractivity contribution in [2.24, 2.45) is 0 Å².